The van der Waals surface area contributed by atoms with E-state index in [0.29, 0.717) is 37.2 Å². The van der Waals surface area contributed by atoms with Crippen molar-refractivity contribution >= 4 is 0 Å². The van der Waals surface area contributed by atoms with Gasteiger partial charge >= 0.3 is 0 Å². The lowest BCUT2D eigenvalue weighted by Gasteiger charge is -2.39. The molecular formula is C22H26F2N2O4. The maximum Gasteiger partial charge on any atom is 0.186 e. The standard InChI is InChI=1S/C22H26F2N2O4/c23-15-2-5-18-13(9-15)1-4-20(29-18)17(27)11-26-12-21(28)22(25)8-7-14-10-16(24)3-6-19(14)30-22/h2-3,5-6,9-10,17,20-21,26-28H,1,4,7-8,11-12,25H2. The van der Waals surface area contributed by atoms with E-state index in [0.717, 1.165) is 11.1 Å². The minimum absolute atomic E-state index is 0.110. The molecule has 4 atom stereocenters. The van der Waals surface area contributed by atoms with E-state index in [1.165, 1.54) is 30.3 Å². The Morgan fingerprint density at radius 2 is 1.70 bits per heavy atom. The maximum atomic E-state index is 13.3. The summed E-state index contributed by atoms with van der Waals surface area (Å²) >= 11 is 0. The molecule has 0 saturated heterocycles. The molecule has 0 radical (unpaired) electrons. The average Bonchev–Trinajstić information content (AvgIpc) is 2.73. The lowest BCUT2D eigenvalue weighted by atomic mass is 9.94. The summed E-state index contributed by atoms with van der Waals surface area (Å²) in [6, 6.07) is 8.57. The quantitative estimate of drug-likeness (QED) is 0.568. The van der Waals surface area contributed by atoms with Crippen molar-refractivity contribution < 1.29 is 28.5 Å². The van der Waals surface area contributed by atoms with Crippen molar-refractivity contribution in [3.8, 4) is 11.5 Å². The molecule has 0 aliphatic carbocycles. The molecular weight excluding hydrogens is 394 g/mol. The van der Waals surface area contributed by atoms with Crippen LogP contribution >= 0.6 is 0 Å². The fraction of sp³-hybridized carbons (Fsp3) is 0.455. The molecule has 2 aliphatic rings. The highest BCUT2D eigenvalue weighted by atomic mass is 19.1. The molecule has 0 bridgehead atoms. The van der Waals surface area contributed by atoms with E-state index < -0.39 is 24.0 Å². The minimum Gasteiger partial charge on any atom is -0.487 e. The summed E-state index contributed by atoms with van der Waals surface area (Å²) in [7, 11) is 0. The van der Waals surface area contributed by atoms with Gasteiger partial charge in [0, 0.05) is 19.5 Å². The summed E-state index contributed by atoms with van der Waals surface area (Å²) in [5, 5.41) is 24.0. The van der Waals surface area contributed by atoms with Crippen molar-refractivity contribution in [1.82, 2.24) is 5.32 Å². The van der Waals surface area contributed by atoms with Gasteiger partial charge in [-0.15, -0.1) is 0 Å². The van der Waals surface area contributed by atoms with Crippen molar-refractivity contribution in [2.75, 3.05) is 13.1 Å². The number of rotatable bonds is 6. The van der Waals surface area contributed by atoms with Gasteiger partial charge in [0.15, 0.2) is 5.72 Å². The predicted molar refractivity (Wildman–Crippen MR) is 106 cm³/mol. The highest BCUT2D eigenvalue weighted by molar-refractivity contribution is 5.37. The van der Waals surface area contributed by atoms with E-state index in [1.807, 2.05) is 0 Å². The van der Waals surface area contributed by atoms with Crippen LogP contribution < -0.4 is 20.5 Å². The lowest BCUT2D eigenvalue weighted by Crippen LogP contribution is -2.60. The Morgan fingerprint density at radius 3 is 2.43 bits per heavy atom. The predicted octanol–water partition coefficient (Wildman–Crippen LogP) is 1.65. The number of benzene rings is 2. The number of aliphatic hydroxyl groups excluding tert-OH is 2. The number of aliphatic hydroxyl groups is 2. The summed E-state index contributed by atoms with van der Waals surface area (Å²) in [5.41, 5.74) is 6.47. The van der Waals surface area contributed by atoms with Crippen LogP contribution in [0.3, 0.4) is 0 Å². The smallest absolute Gasteiger partial charge is 0.186 e. The molecule has 4 rings (SSSR count). The molecule has 6 nitrogen and oxygen atoms in total. The summed E-state index contributed by atoms with van der Waals surface area (Å²) in [5.74, 6) is 0.407. The van der Waals surface area contributed by atoms with Crippen molar-refractivity contribution in [2.45, 2.75) is 49.7 Å². The van der Waals surface area contributed by atoms with Gasteiger partial charge in [-0.05, 0) is 66.8 Å². The van der Waals surface area contributed by atoms with Crippen LogP contribution in [-0.2, 0) is 12.8 Å². The highest BCUT2D eigenvalue weighted by Crippen LogP contribution is 2.33. The van der Waals surface area contributed by atoms with Gasteiger partial charge in [-0.3, -0.25) is 5.73 Å². The third-order valence-corrected chi connectivity index (χ3v) is 5.79. The largest absolute Gasteiger partial charge is 0.487 e. The molecule has 0 spiro atoms. The van der Waals surface area contributed by atoms with E-state index in [-0.39, 0.29) is 24.7 Å². The van der Waals surface area contributed by atoms with Gasteiger partial charge in [0.25, 0.3) is 0 Å². The van der Waals surface area contributed by atoms with Crippen molar-refractivity contribution in [3.05, 3.63) is 59.2 Å². The monoisotopic (exact) mass is 420 g/mol. The molecule has 0 aromatic heterocycles. The van der Waals surface area contributed by atoms with E-state index in [2.05, 4.69) is 5.32 Å². The number of hydrogen-bond donors (Lipinski definition) is 4. The molecule has 30 heavy (non-hydrogen) atoms. The summed E-state index contributed by atoms with van der Waals surface area (Å²) in [4.78, 5) is 0. The Bertz CT molecular complexity index is 913. The van der Waals surface area contributed by atoms with Crippen LogP contribution in [0.25, 0.3) is 0 Å². The van der Waals surface area contributed by atoms with Gasteiger partial charge < -0.3 is 25.0 Å². The number of aryl methyl sites for hydroxylation is 2. The fourth-order valence-corrected chi connectivity index (χ4v) is 3.98. The molecule has 5 N–H and O–H groups in total. The highest BCUT2D eigenvalue weighted by Gasteiger charge is 2.39. The zero-order valence-corrected chi connectivity index (χ0v) is 16.5. The van der Waals surface area contributed by atoms with E-state index in [1.54, 1.807) is 6.07 Å². The zero-order valence-electron chi connectivity index (χ0n) is 16.5. The number of hydrogen-bond acceptors (Lipinski definition) is 6. The number of halogens is 2. The number of nitrogens with two attached hydrogens (primary N) is 1. The fourth-order valence-electron chi connectivity index (χ4n) is 3.98. The van der Waals surface area contributed by atoms with Crippen LogP contribution in [0.5, 0.6) is 11.5 Å². The van der Waals surface area contributed by atoms with Crippen LogP contribution in [0.4, 0.5) is 8.78 Å². The normalized spacial score (nSPS) is 24.8. The second-order valence-corrected chi connectivity index (χ2v) is 8.00. The molecule has 2 aliphatic heterocycles. The zero-order chi connectivity index (χ0) is 21.3. The molecule has 8 heteroatoms. The molecule has 0 saturated carbocycles. The molecule has 0 amide bonds. The minimum atomic E-state index is -1.30. The van der Waals surface area contributed by atoms with E-state index >= 15 is 0 Å². The molecule has 0 fully saturated rings. The first-order valence-corrected chi connectivity index (χ1v) is 10.1. The van der Waals surface area contributed by atoms with Crippen LogP contribution in [0.2, 0.25) is 0 Å². The molecule has 4 unspecified atom stereocenters. The average molecular weight is 420 g/mol. The number of ether oxygens (including phenoxy) is 2. The topological polar surface area (TPSA) is 97.0 Å². The SMILES string of the molecule is NC1(C(O)CNCC(O)C2CCc3cc(F)ccc3O2)CCc2cc(F)ccc2O1. The second-order valence-electron chi connectivity index (χ2n) is 8.00. The Labute approximate surface area is 173 Å². The second kappa shape index (κ2) is 8.47. The van der Waals surface area contributed by atoms with Crippen LogP contribution in [0, 0.1) is 11.6 Å². The Balaban J connectivity index is 1.28. The van der Waals surface area contributed by atoms with Gasteiger partial charge in [0.1, 0.15) is 41.4 Å². The Kier molecular flexibility index (Phi) is 5.92. The van der Waals surface area contributed by atoms with Crippen LogP contribution in [-0.4, -0.2) is 47.3 Å². The van der Waals surface area contributed by atoms with Crippen LogP contribution in [0.1, 0.15) is 24.0 Å². The Hall–Kier alpha value is -2.26. The Morgan fingerprint density at radius 1 is 1.03 bits per heavy atom. The van der Waals surface area contributed by atoms with Gasteiger partial charge in [-0.25, -0.2) is 8.78 Å². The summed E-state index contributed by atoms with van der Waals surface area (Å²) in [6.07, 6.45) is -0.227. The first-order valence-electron chi connectivity index (χ1n) is 10.1. The van der Waals surface area contributed by atoms with Gasteiger partial charge in [0.05, 0.1) is 0 Å². The van der Waals surface area contributed by atoms with Crippen molar-refractivity contribution in [2.24, 2.45) is 5.73 Å². The van der Waals surface area contributed by atoms with E-state index in [9.17, 15) is 19.0 Å². The van der Waals surface area contributed by atoms with Gasteiger partial charge in [-0.2, -0.15) is 0 Å². The molecule has 2 heterocycles. The van der Waals surface area contributed by atoms with Crippen LogP contribution in [0.15, 0.2) is 36.4 Å². The molecule has 2 aromatic carbocycles. The lowest BCUT2D eigenvalue weighted by molar-refractivity contribution is -0.0638. The van der Waals surface area contributed by atoms with Crippen molar-refractivity contribution in [3.63, 3.8) is 0 Å². The third-order valence-electron chi connectivity index (χ3n) is 5.79. The van der Waals surface area contributed by atoms with Gasteiger partial charge in [-0.1, -0.05) is 0 Å². The first-order chi connectivity index (χ1) is 14.3. The molecule has 162 valence electrons. The van der Waals surface area contributed by atoms with Crippen molar-refractivity contribution in [1.29, 1.82) is 0 Å². The van der Waals surface area contributed by atoms with E-state index in [4.69, 9.17) is 15.2 Å². The van der Waals surface area contributed by atoms with Gasteiger partial charge in [0.2, 0.25) is 0 Å². The first kappa shape index (κ1) is 21.0. The maximum absolute atomic E-state index is 13.3. The number of nitrogens with one attached hydrogen (secondary N) is 1. The summed E-state index contributed by atoms with van der Waals surface area (Å²) in [6.45, 7) is 0.300. The number of fused-ring (bicyclic) bond motifs is 2. The molecule has 2 aromatic rings. The summed E-state index contributed by atoms with van der Waals surface area (Å²) < 4.78 is 38.2. The third kappa shape index (κ3) is 4.41.